The Labute approximate surface area is 92.2 Å². The minimum atomic E-state index is 0.0913. The third-order valence-electron chi connectivity index (χ3n) is 3.85. The van der Waals surface area contributed by atoms with Crippen molar-refractivity contribution >= 4 is 5.91 Å². The molecule has 1 atom stereocenters. The monoisotopic (exact) mass is 210 g/mol. The third kappa shape index (κ3) is 2.51. The largest absolute Gasteiger partial charge is 0.341 e. The quantitative estimate of drug-likeness (QED) is 0.763. The van der Waals surface area contributed by atoms with E-state index in [2.05, 4.69) is 10.2 Å². The highest BCUT2D eigenvalue weighted by Gasteiger charge is 2.31. The lowest BCUT2D eigenvalue weighted by Crippen LogP contribution is -2.38. The number of hydrogen-bond acceptors (Lipinski definition) is 2. The molecule has 3 nitrogen and oxygen atoms in total. The van der Waals surface area contributed by atoms with Gasteiger partial charge in [-0.05, 0) is 32.2 Å². The van der Waals surface area contributed by atoms with Gasteiger partial charge in [0.1, 0.15) is 0 Å². The van der Waals surface area contributed by atoms with Crippen molar-refractivity contribution in [1.29, 1.82) is 0 Å². The Morgan fingerprint density at radius 2 is 2.00 bits per heavy atom. The van der Waals surface area contributed by atoms with Crippen molar-refractivity contribution in [3.05, 3.63) is 0 Å². The molecule has 1 saturated carbocycles. The van der Waals surface area contributed by atoms with Crippen LogP contribution in [-0.2, 0) is 4.79 Å². The second-order valence-electron chi connectivity index (χ2n) is 4.92. The van der Waals surface area contributed by atoms with Crippen molar-refractivity contribution in [2.24, 2.45) is 5.92 Å². The lowest BCUT2D eigenvalue weighted by Gasteiger charge is -2.26. The fourth-order valence-electron chi connectivity index (χ4n) is 2.87. The summed E-state index contributed by atoms with van der Waals surface area (Å²) < 4.78 is 0. The summed E-state index contributed by atoms with van der Waals surface area (Å²) in [5.74, 6) is 1.10. The number of amides is 1. The van der Waals surface area contributed by atoms with Crippen molar-refractivity contribution in [3.8, 4) is 0 Å². The molecular formula is C12H22N2O. The summed E-state index contributed by atoms with van der Waals surface area (Å²) in [6, 6.07) is 0.0913. The number of nitrogens with zero attached hydrogens (tertiary/aromatic N) is 1. The van der Waals surface area contributed by atoms with Crippen LogP contribution in [0.2, 0.25) is 0 Å². The van der Waals surface area contributed by atoms with Gasteiger partial charge < -0.3 is 10.2 Å². The van der Waals surface area contributed by atoms with Crippen LogP contribution in [0, 0.1) is 5.92 Å². The number of carbonyl (C=O) groups excluding carboxylic acids is 1. The number of rotatable bonds is 3. The number of likely N-dealkylation sites (tertiary alicyclic amines) is 1. The van der Waals surface area contributed by atoms with E-state index in [1.165, 1.54) is 32.1 Å². The molecule has 0 bridgehead atoms. The molecule has 1 heterocycles. The molecule has 1 saturated heterocycles. The van der Waals surface area contributed by atoms with E-state index in [-0.39, 0.29) is 6.04 Å². The van der Waals surface area contributed by atoms with E-state index in [0.717, 1.165) is 25.4 Å². The molecule has 0 aromatic rings. The average molecular weight is 210 g/mol. The van der Waals surface area contributed by atoms with Gasteiger partial charge in [0.2, 0.25) is 5.91 Å². The Morgan fingerprint density at radius 1 is 1.27 bits per heavy atom. The molecule has 3 heteroatoms. The van der Waals surface area contributed by atoms with E-state index >= 15 is 0 Å². The zero-order valence-electron chi connectivity index (χ0n) is 9.67. The maximum absolute atomic E-state index is 11.9. The molecule has 86 valence electrons. The molecule has 2 rings (SSSR count). The summed E-state index contributed by atoms with van der Waals surface area (Å²) in [6.07, 6.45) is 7.76. The Kier molecular flexibility index (Phi) is 3.62. The highest BCUT2D eigenvalue weighted by Crippen LogP contribution is 2.25. The number of nitrogens with one attached hydrogen (secondary N) is 1. The molecular weight excluding hydrogens is 188 g/mol. The van der Waals surface area contributed by atoms with Crippen LogP contribution in [0.25, 0.3) is 0 Å². The summed E-state index contributed by atoms with van der Waals surface area (Å²) in [5, 5.41) is 3.09. The molecule has 2 aliphatic rings. The molecule has 2 fully saturated rings. The topological polar surface area (TPSA) is 32.3 Å². The summed E-state index contributed by atoms with van der Waals surface area (Å²) in [6.45, 7) is 1.97. The van der Waals surface area contributed by atoms with Gasteiger partial charge in [-0.3, -0.25) is 4.79 Å². The van der Waals surface area contributed by atoms with E-state index in [4.69, 9.17) is 0 Å². The highest BCUT2D eigenvalue weighted by molar-refractivity contribution is 5.83. The molecule has 0 radical (unpaired) electrons. The van der Waals surface area contributed by atoms with Crippen LogP contribution in [0.5, 0.6) is 0 Å². The van der Waals surface area contributed by atoms with Gasteiger partial charge >= 0.3 is 0 Å². The van der Waals surface area contributed by atoms with Crippen molar-refractivity contribution in [2.45, 2.75) is 44.6 Å². The molecule has 15 heavy (non-hydrogen) atoms. The Balaban J connectivity index is 1.82. The van der Waals surface area contributed by atoms with Crippen LogP contribution in [0.3, 0.4) is 0 Å². The summed E-state index contributed by atoms with van der Waals surface area (Å²) in [7, 11) is 1.88. The van der Waals surface area contributed by atoms with Gasteiger partial charge in [0.05, 0.1) is 6.04 Å². The minimum absolute atomic E-state index is 0.0913. The van der Waals surface area contributed by atoms with Crippen LogP contribution < -0.4 is 5.32 Å². The predicted octanol–water partition coefficient (Wildman–Crippen LogP) is 1.39. The summed E-state index contributed by atoms with van der Waals surface area (Å²) >= 11 is 0. The van der Waals surface area contributed by atoms with Crippen molar-refractivity contribution in [1.82, 2.24) is 10.2 Å². The van der Waals surface area contributed by atoms with Crippen molar-refractivity contribution < 1.29 is 4.79 Å². The van der Waals surface area contributed by atoms with Crippen LogP contribution >= 0.6 is 0 Å². The molecule has 1 N–H and O–H groups in total. The fraction of sp³-hybridized carbons (Fsp3) is 0.917. The van der Waals surface area contributed by atoms with Gasteiger partial charge in [-0.15, -0.1) is 0 Å². The van der Waals surface area contributed by atoms with Gasteiger partial charge in [0.25, 0.3) is 0 Å². The first-order valence-corrected chi connectivity index (χ1v) is 6.27. The highest BCUT2D eigenvalue weighted by atomic mass is 16.2. The first-order chi connectivity index (χ1) is 7.31. The Bertz CT molecular complexity index is 224. The SMILES string of the molecule is CNC1CCN(CC2CCCCC2)C1=O. The summed E-state index contributed by atoms with van der Waals surface area (Å²) in [5.41, 5.74) is 0. The zero-order chi connectivity index (χ0) is 10.7. The van der Waals surface area contributed by atoms with Gasteiger partial charge in [0, 0.05) is 13.1 Å². The lowest BCUT2D eigenvalue weighted by atomic mass is 9.89. The zero-order valence-corrected chi connectivity index (χ0v) is 9.67. The van der Waals surface area contributed by atoms with E-state index in [1.54, 1.807) is 0 Å². The maximum Gasteiger partial charge on any atom is 0.239 e. The molecule has 0 aromatic heterocycles. The molecule has 1 aliphatic heterocycles. The second kappa shape index (κ2) is 4.97. The molecule has 1 unspecified atom stereocenters. The Hall–Kier alpha value is -0.570. The van der Waals surface area contributed by atoms with Crippen molar-refractivity contribution in [2.75, 3.05) is 20.1 Å². The second-order valence-corrected chi connectivity index (χ2v) is 4.92. The minimum Gasteiger partial charge on any atom is -0.341 e. The number of carbonyl (C=O) groups is 1. The maximum atomic E-state index is 11.9. The van der Waals surface area contributed by atoms with Gasteiger partial charge in [-0.1, -0.05) is 19.3 Å². The first kappa shape index (κ1) is 10.9. The molecule has 1 aliphatic carbocycles. The van der Waals surface area contributed by atoms with E-state index < -0.39 is 0 Å². The first-order valence-electron chi connectivity index (χ1n) is 6.27. The normalized spacial score (nSPS) is 28.7. The third-order valence-corrected chi connectivity index (χ3v) is 3.85. The van der Waals surface area contributed by atoms with Crippen LogP contribution in [0.1, 0.15) is 38.5 Å². The van der Waals surface area contributed by atoms with Gasteiger partial charge in [-0.25, -0.2) is 0 Å². The summed E-state index contributed by atoms with van der Waals surface area (Å²) in [4.78, 5) is 13.9. The van der Waals surface area contributed by atoms with E-state index in [9.17, 15) is 4.79 Å². The molecule has 0 spiro atoms. The van der Waals surface area contributed by atoms with Crippen molar-refractivity contribution in [3.63, 3.8) is 0 Å². The van der Waals surface area contributed by atoms with Crippen LogP contribution in [0.4, 0.5) is 0 Å². The Morgan fingerprint density at radius 3 is 2.60 bits per heavy atom. The standard InChI is InChI=1S/C12H22N2O/c1-13-11-7-8-14(12(11)15)9-10-5-3-2-4-6-10/h10-11,13H,2-9H2,1H3. The smallest absolute Gasteiger partial charge is 0.239 e. The van der Waals surface area contributed by atoms with Crippen LogP contribution in [-0.4, -0.2) is 37.0 Å². The fourth-order valence-corrected chi connectivity index (χ4v) is 2.87. The van der Waals surface area contributed by atoms with Gasteiger partial charge in [-0.2, -0.15) is 0 Å². The van der Waals surface area contributed by atoms with E-state index in [1.807, 2.05) is 7.05 Å². The van der Waals surface area contributed by atoms with Gasteiger partial charge in [0.15, 0.2) is 0 Å². The number of likely N-dealkylation sites (N-methyl/N-ethyl adjacent to an activating group) is 1. The number of hydrogen-bond donors (Lipinski definition) is 1. The predicted molar refractivity (Wildman–Crippen MR) is 60.6 cm³/mol. The van der Waals surface area contributed by atoms with Crippen LogP contribution in [0.15, 0.2) is 0 Å². The lowest BCUT2D eigenvalue weighted by molar-refractivity contribution is -0.130. The molecule has 0 aromatic carbocycles. The molecule has 1 amide bonds. The average Bonchev–Trinajstić information content (AvgIpc) is 2.62. The van der Waals surface area contributed by atoms with E-state index in [0.29, 0.717) is 5.91 Å².